The summed E-state index contributed by atoms with van der Waals surface area (Å²) in [6.45, 7) is 0. The first-order chi connectivity index (χ1) is 12.3. The van der Waals surface area contributed by atoms with Gasteiger partial charge in [0.15, 0.2) is 10.8 Å². The minimum absolute atomic E-state index is 0.0168. The lowest BCUT2D eigenvalue weighted by Gasteiger charge is -2.11. The number of hydrogen-bond acceptors (Lipinski definition) is 5. The molecule has 0 aliphatic carbocycles. The molecule has 2 aromatic rings. The molecular weight excluding hydrogens is 398 g/mol. The Bertz CT molecular complexity index is 1050. The molecule has 0 spiro atoms. The summed E-state index contributed by atoms with van der Waals surface area (Å²) in [7, 11) is -3.93. The average molecular weight is 410 g/mol. The molecule has 0 aromatic heterocycles. The molecule has 11 heteroatoms. The van der Waals surface area contributed by atoms with Gasteiger partial charge in [0.2, 0.25) is 10.0 Å². The van der Waals surface area contributed by atoms with Gasteiger partial charge < -0.3 is 10.6 Å². The fourth-order valence-corrected chi connectivity index (χ4v) is 3.40. The SMILES string of the molecule is NS(=O)(=O)c1ccccc1NC(=S)NN=C1C(=O)Nc2c(Cl)cccc21. The Kier molecular flexibility index (Phi) is 4.92. The molecule has 8 nitrogen and oxygen atoms in total. The molecule has 0 atom stereocenters. The van der Waals surface area contributed by atoms with Crippen LogP contribution < -0.4 is 21.2 Å². The van der Waals surface area contributed by atoms with Crippen molar-refractivity contribution in [3.63, 3.8) is 0 Å². The lowest BCUT2D eigenvalue weighted by atomic mass is 10.1. The van der Waals surface area contributed by atoms with E-state index < -0.39 is 15.9 Å². The number of carbonyl (C=O) groups excluding carboxylic acids is 1. The Morgan fingerprint density at radius 3 is 2.65 bits per heavy atom. The maximum absolute atomic E-state index is 12.0. The van der Waals surface area contributed by atoms with Crippen molar-refractivity contribution >= 4 is 61.9 Å². The second-order valence-corrected chi connectivity index (χ2v) is 7.53. The van der Waals surface area contributed by atoms with Gasteiger partial charge in [-0.25, -0.2) is 13.6 Å². The molecule has 0 fully saturated rings. The minimum Gasteiger partial charge on any atom is -0.330 e. The summed E-state index contributed by atoms with van der Waals surface area (Å²) in [5, 5.41) is 14.8. The van der Waals surface area contributed by atoms with E-state index in [4.69, 9.17) is 29.0 Å². The molecule has 3 rings (SSSR count). The lowest BCUT2D eigenvalue weighted by Crippen LogP contribution is -2.28. The van der Waals surface area contributed by atoms with Gasteiger partial charge in [-0.15, -0.1) is 0 Å². The van der Waals surface area contributed by atoms with Crippen LogP contribution in [-0.2, 0) is 14.8 Å². The standard InChI is InChI=1S/C15H12ClN5O3S2/c16-9-5-3-4-8-12(9)19-14(22)13(8)20-21-15(25)18-10-6-1-2-7-11(10)26(17,23)24/h1-7H,(H2,17,23,24)(H2,18,21,25)(H,19,20,22). The third-order valence-electron chi connectivity index (χ3n) is 3.43. The van der Waals surface area contributed by atoms with E-state index in [1.807, 2.05) is 0 Å². The summed E-state index contributed by atoms with van der Waals surface area (Å²) >= 11 is 11.1. The molecule has 1 aliphatic heterocycles. The van der Waals surface area contributed by atoms with Crippen LogP contribution in [-0.4, -0.2) is 25.1 Å². The summed E-state index contributed by atoms with van der Waals surface area (Å²) in [5.74, 6) is -0.437. The Labute approximate surface area is 159 Å². The number of carbonyl (C=O) groups is 1. The highest BCUT2D eigenvalue weighted by Crippen LogP contribution is 2.30. The number of hydrogen-bond donors (Lipinski definition) is 4. The first-order valence-corrected chi connectivity index (χ1v) is 9.47. The summed E-state index contributed by atoms with van der Waals surface area (Å²) < 4.78 is 23.2. The zero-order valence-corrected chi connectivity index (χ0v) is 15.4. The van der Waals surface area contributed by atoms with E-state index in [2.05, 4.69) is 21.2 Å². The van der Waals surface area contributed by atoms with Gasteiger partial charge in [0, 0.05) is 5.56 Å². The number of anilines is 2. The number of nitrogens with two attached hydrogens (primary N) is 1. The number of hydrazone groups is 1. The number of fused-ring (bicyclic) bond motifs is 1. The van der Waals surface area contributed by atoms with Crippen molar-refractivity contribution in [2.75, 3.05) is 10.6 Å². The molecular formula is C15H12ClN5O3S2. The van der Waals surface area contributed by atoms with E-state index in [0.717, 1.165) is 0 Å². The van der Waals surface area contributed by atoms with Crippen LogP contribution in [0.15, 0.2) is 52.5 Å². The van der Waals surface area contributed by atoms with Gasteiger partial charge in [-0.05, 0) is 30.4 Å². The molecule has 0 unspecified atom stereocenters. The number of para-hydroxylation sites is 2. The van der Waals surface area contributed by atoms with Gasteiger partial charge in [0.1, 0.15) is 4.90 Å². The van der Waals surface area contributed by atoms with E-state index in [-0.39, 0.29) is 21.4 Å². The van der Waals surface area contributed by atoms with Crippen LogP contribution in [0.5, 0.6) is 0 Å². The van der Waals surface area contributed by atoms with E-state index in [1.165, 1.54) is 18.2 Å². The first-order valence-electron chi connectivity index (χ1n) is 7.14. The van der Waals surface area contributed by atoms with Gasteiger partial charge in [-0.3, -0.25) is 10.2 Å². The molecule has 134 valence electrons. The molecule has 1 heterocycles. The number of halogens is 1. The largest absolute Gasteiger partial charge is 0.330 e. The van der Waals surface area contributed by atoms with Gasteiger partial charge in [-0.2, -0.15) is 5.10 Å². The van der Waals surface area contributed by atoms with Crippen molar-refractivity contribution in [3.8, 4) is 0 Å². The van der Waals surface area contributed by atoms with Crippen LogP contribution in [0.25, 0.3) is 0 Å². The number of nitrogens with one attached hydrogen (secondary N) is 3. The summed E-state index contributed by atoms with van der Waals surface area (Å²) in [4.78, 5) is 11.9. The van der Waals surface area contributed by atoms with Crippen LogP contribution in [0.1, 0.15) is 5.56 Å². The highest BCUT2D eigenvalue weighted by molar-refractivity contribution is 7.89. The number of nitrogens with zero attached hydrogens (tertiary/aromatic N) is 1. The predicted molar refractivity (Wildman–Crippen MR) is 104 cm³/mol. The van der Waals surface area contributed by atoms with Crippen LogP contribution in [0.3, 0.4) is 0 Å². The molecule has 0 saturated heterocycles. The van der Waals surface area contributed by atoms with Crippen LogP contribution in [0.2, 0.25) is 5.02 Å². The summed E-state index contributed by atoms with van der Waals surface area (Å²) in [6, 6.07) is 11.0. The number of benzene rings is 2. The average Bonchev–Trinajstić information content (AvgIpc) is 2.89. The molecule has 26 heavy (non-hydrogen) atoms. The molecule has 1 amide bonds. The molecule has 0 radical (unpaired) electrons. The topological polar surface area (TPSA) is 126 Å². The highest BCUT2D eigenvalue weighted by atomic mass is 35.5. The molecule has 5 N–H and O–H groups in total. The number of sulfonamides is 1. The molecule has 1 aliphatic rings. The van der Waals surface area contributed by atoms with E-state index >= 15 is 0 Å². The lowest BCUT2D eigenvalue weighted by molar-refractivity contribution is -0.110. The van der Waals surface area contributed by atoms with Crippen molar-refractivity contribution in [1.29, 1.82) is 0 Å². The first kappa shape index (κ1) is 18.3. The van der Waals surface area contributed by atoms with E-state index in [1.54, 1.807) is 24.3 Å². The van der Waals surface area contributed by atoms with Crippen LogP contribution in [0.4, 0.5) is 11.4 Å². The maximum atomic E-state index is 12.0. The fraction of sp³-hybridized carbons (Fsp3) is 0. The van der Waals surface area contributed by atoms with Crippen molar-refractivity contribution in [3.05, 3.63) is 53.1 Å². The van der Waals surface area contributed by atoms with E-state index in [9.17, 15) is 13.2 Å². The zero-order chi connectivity index (χ0) is 18.9. The molecule has 0 saturated carbocycles. The van der Waals surface area contributed by atoms with Crippen LogP contribution >= 0.6 is 23.8 Å². The number of amides is 1. The van der Waals surface area contributed by atoms with Gasteiger partial charge >= 0.3 is 0 Å². The molecule has 0 bridgehead atoms. The monoisotopic (exact) mass is 409 g/mol. The normalized spacial score (nSPS) is 14.7. The number of primary sulfonamides is 1. The van der Waals surface area contributed by atoms with Crippen molar-refractivity contribution < 1.29 is 13.2 Å². The van der Waals surface area contributed by atoms with Crippen molar-refractivity contribution in [1.82, 2.24) is 5.43 Å². The Hall–Kier alpha value is -2.53. The van der Waals surface area contributed by atoms with E-state index in [0.29, 0.717) is 16.3 Å². The van der Waals surface area contributed by atoms with Crippen molar-refractivity contribution in [2.45, 2.75) is 4.90 Å². The second-order valence-electron chi connectivity index (χ2n) is 5.18. The Balaban J connectivity index is 1.80. The number of thiocarbonyl (C=S) groups is 1. The third kappa shape index (κ3) is 3.68. The van der Waals surface area contributed by atoms with Gasteiger partial charge in [-0.1, -0.05) is 35.9 Å². The maximum Gasteiger partial charge on any atom is 0.276 e. The Morgan fingerprint density at radius 1 is 1.19 bits per heavy atom. The van der Waals surface area contributed by atoms with Crippen molar-refractivity contribution in [2.24, 2.45) is 10.2 Å². The van der Waals surface area contributed by atoms with Gasteiger partial charge in [0.05, 0.1) is 16.4 Å². The third-order valence-corrected chi connectivity index (χ3v) is 4.91. The molecule has 2 aromatic carbocycles. The smallest absolute Gasteiger partial charge is 0.276 e. The summed E-state index contributed by atoms with van der Waals surface area (Å²) in [5.41, 5.74) is 3.80. The second kappa shape index (κ2) is 7.00. The quantitative estimate of drug-likeness (QED) is 0.451. The summed E-state index contributed by atoms with van der Waals surface area (Å²) in [6.07, 6.45) is 0. The van der Waals surface area contributed by atoms with Gasteiger partial charge in [0.25, 0.3) is 5.91 Å². The minimum atomic E-state index is -3.93. The number of rotatable bonds is 3. The Morgan fingerprint density at radius 2 is 1.92 bits per heavy atom. The fourth-order valence-electron chi connectivity index (χ4n) is 2.33. The zero-order valence-electron chi connectivity index (χ0n) is 13.0. The predicted octanol–water partition coefficient (Wildman–Crippen LogP) is 1.63. The highest BCUT2D eigenvalue weighted by Gasteiger charge is 2.28. The van der Waals surface area contributed by atoms with Crippen LogP contribution in [0, 0.1) is 0 Å².